The Morgan fingerprint density at radius 1 is 0.938 bits per heavy atom. The molecule has 2 aromatic rings. The number of likely N-dealkylation sites (tertiary alicyclic amines) is 1. The topological polar surface area (TPSA) is 114 Å². The van der Waals surface area contributed by atoms with Crippen LogP contribution in [-0.4, -0.2) is 55.5 Å². The lowest BCUT2D eigenvalue weighted by atomic mass is 9.97. The van der Waals surface area contributed by atoms with Crippen molar-refractivity contribution in [3.63, 3.8) is 0 Å². The number of benzene rings is 2. The van der Waals surface area contributed by atoms with Crippen molar-refractivity contribution in [1.29, 1.82) is 0 Å². The Morgan fingerprint density at radius 2 is 1.59 bits per heavy atom. The van der Waals surface area contributed by atoms with E-state index >= 15 is 0 Å². The molecule has 2 aromatic carbocycles. The van der Waals surface area contributed by atoms with Crippen LogP contribution in [-0.2, 0) is 14.3 Å². The van der Waals surface area contributed by atoms with Crippen LogP contribution in [0.5, 0.6) is 5.75 Å². The third-order valence-corrected chi connectivity index (χ3v) is 5.14. The number of rotatable bonds is 5. The third kappa shape index (κ3) is 6.31. The number of carbonyl (C=O) groups is 4. The first kappa shape index (κ1) is 22.8. The molecule has 0 aliphatic carbocycles. The van der Waals surface area contributed by atoms with Crippen molar-refractivity contribution in [3.8, 4) is 5.75 Å². The fraction of sp³-hybridized carbons (Fsp3) is 0.304. The summed E-state index contributed by atoms with van der Waals surface area (Å²) < 4.78 is 9.95. The summed E-state index contributed by atoms with van der Waals surface area (Å²) in [5.41, 5.74) is 0.733. The van der Waals surface area contributed by atoms with Crippen LogP contribution >= 0.6 is 0 Å². The summed E-state index contributed by atoms with van der Waals surface area (Å²) in [5, 5.41) is 5.12. The molecule has 1 saturated heterocycles. The molecule has 1 aliphatic rings. The van der Waals surface area contributed by atoms with Gasteiger partial charge in [-0.1, -0.05) is 18.2 Å². The minimum Gasteiger partial charge on any atom is -0.465 e. The minimum atomic E-state index is -0.792. The monoisotopic (exact) mass is 439 g/mol. The van der Waals surface area contributed by atoms with E-state index in [2.05, 4.69) is 15.4 Å². The first-order valence-electron chi connectivity index (χ1n) is 10.3. The van der Waals surface area contributed by atoms with Crippen molar-refractivity contribution >= 4 is 29.6 Å². The van der Waals surface area contributed by atoms with Gasteiger partial charge in [0.25, 0.3) is 0 Å². The Hall–Kier alpha value is -3.88. The maximum absolute atomic E-state index is 12.2. The molecule has 3 rings (SSSR count). The largest absolute Gasteiger partial charge is 0.465 e. The van der Waals surface area contributed by atoms with Crippen LogP contribution in [0.25, 0.3) is 0 Å². The summed E-state index contributed by atoms with van der Waals surface area (Å²) in [6.45, 7) is 1.38. The lowest BCUT2D eigenvalue weighted by Gasteiger charge is -2.31. The summed E-state index contributed by atoms with van der Waals surface area (Å²) in [5.74, 6) is -1.36. The van der Waals surface area contributed by atoms with Gasteiger partial charge < -0.3 is 25.0 Å². The lowest BCUT2D eigenvalue weighted by molar-refractivity contribution is -0.136. The van der Waals surface area contributed by atoms with Crippen molar-refractivity contribution in [2.75, 3.05) is 32.1 Å². The highest BCUT2D eigenvalue weighted by atomic mass is 16.6. The first-order chi connectivity index (χ1) is 15.5. The molecule has 2 N–H and O–H groups in total. The predicted molar refractivity (Wildman–Crippen MR) is 116 cm³/mol. The Balaban J connectivity index is 1.38. The van der Waals surface area contributed by atoms with Crippen LogP contribution in [0.1, 0.15) is 23.2 Å². The van der Waals surface area contributed by atoms with Gasteiger partial charge in [0.1, 0.15) is 5.75 Å². The van der Waals surface area contributed by atoms with E-state index < -0.39 is 23.9 Å². The second-order valence-electron chi connectivity index (χ2n) is 7.34. The number of nitrogens with zero attached hydrogens (tertiary/aromatic N) is 1. The van der Waals surface area contributed by atoms with E-state index in [4.69, 9.17) is 4.74 Å². The number of anilines is 1. The predicted octanol–water partition coefficient (Wildman–Crippen LogP) is 2.44. The van der Waals surface area contributed by atoms with Gasteiger partial charge in [-0.25, -0.2) is 9.59 Å². The average Bonchev–Trinajstić information content (AvgIpc) is 2.83. The van der Waals surface area contributed by atoms with Gasteiger partial charge in [0.05, 0.1) is 12.7 Å². The highest BCUT2D eigenvalue weighted by Gasteiger charge is 2.25. The molecule has 3 amide bonds. The number of amides is 3. The molecule has 9 nitrogen and oxygen atoms in total. The molecule has 1 aliphatic heterocycles. The maximum atomic E-state index is 12.2. The van der Waals surface area contributed by atoms with Crippen LogP contribution in [0.4, 0.5) is 10.5 Å². The summed E-state index contributed by atoms with van der Waals surface area (Å²) in [7, 11) is 1.28. The van der Waals surface area contributed by atoms with Crippen molar-refractivity contribution in [2.45, 2.75) is 12.8 Å². The zero-order valence-corrected chi connectivity index (χ0v) is 17.7. The number of carbonyl (C=O) groups excluding carboxylic acids is 4. The van der Waals surface area contributed by atoms with Gasteiger partial charge in [0.2, 0.25) is 0 Å². The van der Waals surface area contributed by atoms with Crippen molar-refractivity contribution in [1.82, 2.24) is 10.2 Å². The highest BCUT2D eigenvalue weighted by molar-refractivity contribution is 6.39. The summed E-state index contributed by atoms with van der Waals surface area (Å²) in [6.07, 6.45) is 0.998. The number of hydrogen-bond donors (Lipinski definition) is 2. The maximum Gasteiger partial charge on any atom is 0.415 e. The molecule has 1 heterocycles. The third-order valence-electron chi connectivity index (χ3n) is 5.14. The number of hydrogen-bond acceptors (Lipinski definition) is 6. The minimum absolute atomic E-state index is 0.159. The van der Waals surface area contributed by atoms with E-state index in [1.807, 2.05) is 6.07 Å². The van der Waals surface area contributed by atoms with E-state index in [1.165, 1.54) is 31.4 Å². The van der Waals surface area contributed by atoms with E-state index in [1.54, 1.807) is 29.2 Å². The fourth-order valence-corrected chi connectivity index (χ4v) is 3.29. The van der Waals surface area contributed by atoms with Crippen LogP contribution < -0.4 is 15.4 Å². The van der Waals surface area contributed by atoms with Crippen LogP contribution in [0.2, 0.25) is 0 Å². The summed E-state index contributed by atoms with van der Waals surface area (Å²) >= 11 is 0. The van der Waals surface area contributed by atoms with E-state index in [0.717, 1.165) is 0 Å². The van der Waals surface area contributed by atoms with Gasteiger partial charge >= 0.3 is 23.9 Å². The number of ether oxygens (including phenoxy) is 2. The normalized spacial score (nSPS) is 13.7. The molecule has 0 bridgehead atoms. The second kappa shape index (κ2) is 10.9. The molecule has 0 atom stereocenters. The van der Waals surface area contributed by atoms with Crippen molar-refractivity contribution < 1.29 is 28.7 Å². The molecule has 0 spiro atoms. The van der Waals surface area contributed by atoms with Crippen molar-refractivity contribution in [2.24, 2.45) is 5.92 Å². The fourth-order valence-electron chi connectivity index (χ4n) is 3.29. The molecular weight excluding hydrogens is 414 g/mol. The molecule has 0 radical (unpaired) electrons. The number of para-hydroxylation sites is 1. The van der Waals surface area contributed by atoms with Crippen LogP contribution in [0.3, 0.4) is 0 Å². The molecule has 0 unspecified atom stereocenters. The first-order valence-corrected chi connectivity index (χ1v) is 10.3. The van der Waals surface area contributed by atoms with Gasteiger partial charge in [-0.2, -0.15) is 0 Å². The number of methoxy groups -OCH3 is 1. The zero-order chi connectivity index (χ0) is 22.9. The number of piperidine rings is 1. The van der Waals surface area contributed by atoms with Crippen LogP contribution in [0.15, 0.2) is 54.6 Å². The summed E-state index contributed by atoms with van der Waals surface area (Å²) in [6, 6.07) is 14.9. The van der Waals surface area contributed by atoms with Gasteiger partial charge in [0, 0.05) is 25.3 Å². The Kier molecular flexibility index (Phi) is 7.80. The van der Waals surface area contributed by atoms with Crippen LogP contribution in [0, 0.1) is 5.92 Å². The molecule has 168 valence electrons. The molecule has 32 heavy (non-hydrogen) atoms. The Bertz CT molecular complexity index is 953. The number of esters is 1. The van der Waals surface area contributed by atoms with Gasteiger partial charge in [-0.15, -0.1) is 0 Å². The molecule has 1 fully saturated rings. The second-order valence-corrected chi connectivity index (χ2v) is 7.34. The molecule has 0 saturated carbocycles. The van der Waals surface area contributed by atoms with E-state index in [9.17, 15) is 19.2 Å². The Morgan fingerprint density at radius 3 is 2.22 bits per heavy atom. The molecule has 0 aromatic heterocycles. The standard InChI is InChI=1S/C23H25N3O6/c1-31-22(29)17-7-9-18(10-8-17)25-21(28)20(27)24-15-16-11-13-26(14-12-16)23(30)32-19-5-3-2-4-6-19/h2-10,16H,11-15H2,1H3,(H,24,27)(H,25,28). The molecule has 9 heteroatoms. The average molecular weight is 439 g/mol. The highest BCUT2D eigenvalue weighted by Crippen LogP contribution is 2.18. The smallest absolute Gasteiger partial charge is 0.415 e. The van der Waals surface area contributed by atoms with Gasteiger partial charge in [-0.3, -0.25) is 9.59 Å². The zero-order valence-electron chi connectivity index (χ0n) is 17.7. The summed E-state index contributed by atoms with van der Waals surface area (Å²) in [4.78, 5) is 49.5. The lowest BCUT2D eigenvalue weighted by Crippen LogP contribution is -2.44. The molecular formula is C23H25N3O6. The van der Waals surface area contributed by atoms with E-state index in [0.29, 0.717) is 49.5 Å². The van der Waals surface area contributed by atoms with Crippen molar-refractivity contribution in [3.05, 3.63) is 60.2 Å². The van der Waals surface area contributed by atoms with Gasteiger partial charge in [0.15, 0.2) is 0 Å². The van der Waals surface area contributed by atoms with E-state index in [-0.39, 0.29) is 5.92 Å². The Labute approximate surface area is 185 Å². The van der Waals surface area contributed by atoms with Gasteiger partial charge in [-0.05, 0) is 55.2 Å². The quantitative estimate of drug-likeness (QED) is 0.546. The number of nitrogens with one attached hydrogen (secondary N) is 2. The SMILES string of the molecule is COC(=O)c1ccc(NC(=O)C(=O)NCC2CCN(C(=O)Oc3ccccc3)CC2)cc1.